The molecule has 0 saturated heterocycles. The minimum Gasteiger partial charge on any atom is -0.371 e. The zero-order valence-electron chi connectivity index (χ0n) is 9.14. The van der Waals surface area contributed by atoms with Crippen LogP contribution in [0.4, 0.5) is 0 Å². The lowest BCUT2D eigenvalue weighted by atomic mass is 10.2. The van der Waals surface area contributed by atoms with Gasteiger partial charge in [-0.05, 0) is 13.3 Å². The molecular weight excluding hydrogens is 164 g/mol. The van der Waals surface area contributed by atoms with Crippen LogP contribution in [0, 0.1) is 0 Å². The monoisotopic (exact) mass is 186 g/mol. The Bertz CT molecular complexity index is 132. The van der Waals surface area contributed by atoms with Gasteiger partial charge >= 0.3 is 0 Å². The van der Waals surface area contributed by atoms with E-state index < -0.39 is 0 Å². The molecule has 1 atom stereocenters. The summed E-state index contributed by atoms with van der Waals surface area (Å²) in [6.45, 7) is 6.63. The van der Waals surface area contributed by atoms with E-state index in [4.69, 9.17) is 4.74 Å². The van der Waals surface area contributed by atoms with Gasteiger partial charge in [-0.15, -0.1) is 0 Å². The van der Waals surface area contributed by atoms with Crippen molar-refractivity contribution in [1.29, 1.82) is 0 Å². The topological polar surface area (TPSA) is 26.3 Å². The average Bonchev–Trinajstić information content (AvgIpc) is 2.16. The highest BCUT2D eigenvalue weighted by molar-refractivity contribution is 5.82. The summed E-state index contributed by atoms with van der Waals surface area (Å²) < 4.78 is 5.39. The second kappa shape index (κ2) is 8.24. The van der Waals surface area contributed by atoms with E-state index in [1.165, 1.54) is 19.3 Å². The molecule has 0 heterocycles. The lowest BCUT2D eigenvalue weighted by Gasteiger charge is -2.10. The molecule has 13 heavy (non-hydrogen) atoms. The van der Waals surface area contributed by atoms with Crippen LogP contribution >= 0.6 is 0 Å². The molecule has 0 rings (SSSR count). The van der Waals surface area contributed by atoms with Crippen LogP contribution in [0.1, 0.15) is 52.9 Å². The average molecular weight is 186 g/mol. The Labute approximate surface area is 81.7 Å². The number of ketones is 1. The predicted molar refractivity (Wildman–Crippen MR) is 54.9 cm³/mol. The lowest BCUT2D eigenvalue weighted by Crippen LogP contribution is -2.20. The van der Waals surface area contributed by atoms with Crippen LogP contribution in [0.25, 0.3) is 0 Å². The molecule has 2 nitrogen and oxygen atoms in total. The molecule has 78 valence electrons. The quantitative estimate of drug-likeness (QED) is 0.545. The van der Waals surface area contributed by atoms with E-state index >= 15 is 0 Å². The van der Waals surface area contributed by atoms with Crippen LogP contribution in [0.15, 0.2) is 0 Å². The number of rotatable bonds is 8. The van der Waals surface area contributed by atoms with Gasteiger partial charge in [-0.25, -0.2) is 0 Å². The first-order valence-corrected chi connectivity index (χ1v) is 5.36. The molecule has 0 aromatic heterocycles. The summed E-state index contributed by atoms with van der Waals surface area (Å²) in [5, 5.41) is 0. The second-order valence-electron chi connectivity index (χ2n) is 3.39. The number of unbranched alkanes of at least 4 members (excludes halogenated alkanes) is 3. The highest BCUT2D eigenvalue weighted by atomic mass is 16.5. The zero-order valence-corrected chi connectivity index (χ0v) is 9.14. The van der Waals surface area contributed by atoms with Crippen molar-refractivity contribution in [2.24, 2.45) is 0 Å². The van der Waals surface area contributed by atoms with Gasteiger partial charge in [-0.1, -0.05) is 33.1 Å². The zero-order chi connectivity index (χ0) is 10.1. The van der Waals surface area contributed by atoms with E-state index in [9.17, 15) is 4.79 Å². The van der Waals surface area contributed by atoms with E-state index in [0.717, 1.165) is 13.0 Å². The van der Waals surface area contributed by atoms with Crippen molar-refractivity contribution < 1.29 is 9.53 Å². The summed E-state index contributed by atoms with van der Waals surface area (Å²) in [4.78, 5) is 11.1. The maximum Gasteiger partial charge on any atom is 0.160 e. The van der Waals surface area contributed by atoms with E-state index in [-0.39, 0.29) is 11.9 Å². The van der Waals surface area contributed by atoms with E-state index in [0.29, 0.717) is 6.42 Å². The fourth-order valence-electron chi connectivity index (χ4n) is 1.17. The summed E-state index contributed by atoms with van der Waals surface area (Å²) in [6.07, 6.45) is 5.17. The Morgan fingerprint density at radius 1 is 1.23 bits per heavy atom. The highest BCUT2D eigenvalue weighted by Gasteiger charge is 2.09. The van der Waals surface area contributed by atoms with Gasteiger partial charge in [0.25, 0.3) is 0 Å². The number of hydrogen-bond donors (Lipinski definition) is 0. The minimum absolute atomic E-state index is 0.202. The molecule has 0 fully saturated rings. The van der Waals surface area contributed by atoms with Crippen molar-refractivity contribution >= 4 is 5.78 Å². The van der Waals surface area contributed by atoms with E-state index in [1.54, 1.807) is 0 Å². The molecule has 0 amide bonds. The van der Waals surface area contributed by atoms with Crippen LogP contribution in [-0.2, 0) is 9.53 Å². The summed E-state index contributed by atoms with van der Waals surface area (Å²) in [7, 11) is 0. The molecule has 0 aliphatic heterocycles. The van der Waals surface area contributed by atoms with E-state index in [1.807, 2.05) is 13.8 Å². The van der Waals surface area contributed by atoms with Crippen LogP contribution < -0.4 is 0 Å². The van der Waals surface area contributed by atoms with Crippen molar-refractivity contribution in [3.8, 4) is 0 Å². The largest absolute Gasteiger partial charge is 0.371 e. The molecule has 0 aliphatic carbocycles. The van der Waals surface area contributed by atoms with Crippen LogP contribution in [0.2, 0.25) is 0 Å². The maximum atomic E-state index is 11.1. The Kier molecular flexibility index (Phi) is 8.00. The number of hydrogen-bond acceptors (Lipinski definition) is 2. The molecule has 2 heteroatoms. The first kappa shape index (κ1) is 12.6. The molecule has 0 aromatic carbocycles. The molecule has 0 N–H and O–H groups in total. The van der Waals surface area contributed by atoms with Gasteiger partial charge in [-0.3, -0.25) is 4.79 Å². The van der Waals surface area contributed by atoms with Gasteiger partial charge < -0.3 is 4.74 Å². The molecular formula is C11H22O2. The fraction of sp³-hybridized carbons (Fsp3) is 0.909. The first-order valence-electron chi connectivity index (χ1n) is 5.36. The Morgan fingerprint density at radius 2 is 1.92 bits per heavy atom. The molecule has 0 radical (unpaired) electrons. The van der Waals surface area contributed by atoms with E-state index in [2.05, 4.69) is 6.92 Å². The number of ether oxygens (including phenoxy) is 1. The Balaban J connectivity index is 3.26. The SMILES string of the molecule is CCCCCCOC(C)C(=O)CC. The van der Waals surface area contributed by atoms with Crippen LogP contribution in [0.5, 0.6) is 0 Å². The third-order valence-corrected chi connectivity index (χ3v) is 2.17. The highest BCUT2D eigenvalue weighted by Crippen LogP contribution is 2.02. The third kappa shape index (κ3) is 6.76. The standard InChI is InChI=1S/C11H22O2/c1-4-6-7-8-9-13-10(3)11(12)5-2/h10H,4-9H2,1-3H3. The first-order chi connectivity index (χ1) is 6.22. The Morgan fingerprint density at radius 3 is 2.46 bits per heavy atom. The van der Waals surface area contributed by atoms with Gasteiger partial charge in [0.1, 0.15) is 6.10 Å². The second-order valence-corrected chi connectivity index (χ2v) is 3.39. The van der Waals surface area contributed by atoms with Crippen molar-refractivity contribution in [2.45, 2.75) is 59.0 Å². The summed E-state index contributed by atoms with van der Waals surface area (Å²) >= 11 is 0. The predicted octanol–water partition coefficient (Wildman–Crippen LogP) is 2.95. The fourth-order valence-corrected chi connectivity index (χ4v) is 1.17. The summed E-state index contributed by atoms with van der Waals surface area (Å²) in [6, 6.07) is 0. The molecule has 1 unspecified atom stereocenters. The van der Waals surface area contributed by atoms with Gasteiger partial charge in [0.15, 0.2) is 5.78 Å². The van der Waals surface area contributed by atoms with Gasteiger partial charge in [-0.2, -0.15) is 0 Å². The molecule has 0 bridgehead atoms. The summed E-state index contributed by atoms with van der Waals surface area (Å²) in [5.74, 6) is 0.204. The van der Waals surface area contributed by atoms with Crippen molar-refractivity contribution in [3.05, 3.63) is 0 Å². The van der Waals surface area contributed by atoms with Crippen molar-refractivity contribution in [3.63, 3.8) is 0 Å². The van der Waals surface area contributed by atoms with Crippen molar-refractivity contribution in [2.75, 3.05) is 6.61 Å². The van der Waals surface area contributed by atoms with Crippen LogP contribution in [-0.4, -0.2) is 18.5 Å². The number of Topliss-reactive ketones (excluding diaryl/α,β-unsaturated/α-hetero) is 1. The lowest BCUT2D eigenvalue weighted by molar-refractivity contribution is -0.129. The smallest absolute Gasteiger partial charge is 0.160 e. The van der Waals surface area contributed by atoms with Gasteiger partial charge in [0.05, 0.1) is 0 Å². The Hall–Kier alpha value is -0.370. The summed E-state index contributed by atoms with van der Waals surface area (Å²) in [5.41, 5.74) is 0. The third-order valence-electron chi connectivity index (χ3n) is 2.17. The number of carbonyl (C=O) groups excluding carboxylic acids is 1. The van der Waals surface area contributed by atoms with Gasteiger partial charge in [0.2, 0.25) is 0 Å². The number of carbonyl (C=O) groups is 1. The van der Waals surface area contributed by atoms with Crippen LogP contribution in [0.3, 0.4) is 0 Å². The normalized spacial score (nSPS) is 12.8. The molecule has 0 spiro atoms. The molecule has 0 saturated carbocycles. The maximum absolute atomic E-state index is 11.1. The van der Waals surface area contributed by atoms with Gasteiger partial charge in [0, 0.05) is 13.0 Å². The van der Waals surface area contributed by atoms with Crippen molar-refractivity contribution in [1.82, 2.24) is 0 Å². The molecule has 0 aliphatic rings. The minimum atomic E-state index is -0.202. The molecule has 0 aromatic rings.